The van der Waals surface area contributed by atoms with Gasteiger partial charge < -0.3 is 9.73 Å². The Morgan fingerprint density at radius 3 is 2.68 bits per heavy atom. The summed E-state index contributed by atoms with van der Waals surface area (Å²) in [6.07, 6.45) is 3.94. The van der Waals surface area contributed by atoms with Gasteiger partial charge in [-0.1, -0.05) is 0 Å². The number of aromatic nitrogens is 2. The summed E-state index contributed by atoms with van der Waals surface area (Å²) in [6, 6.07) is 3.75. The molecule has 0 saturated heterocycles. The average molecular weight is 301 g/mol. The number of carbonyl (C=O) groups excluding carboxylic acids is 1. The van der Waals surface area contributed by atoms with Crippen molar-refractivity contribution in [1.29, 1.82) is 0 Å². The fourth-order valence-electron chi connectivity index (χ4n) is 2.46. The van der Waals surface area contributed by atoms with E-state index in [1.54, 1.807) is 6.08 Å². The lowest BCUT2D eigenvalue weighted by atomic mass is 10.1. The summed E-state index contributed by atoms with van der Waals surface area (Å²) in [5.41, 5.74) is 3.35. The minimum atomic E-state index is -0.124. The molecule has 22 heavy (non-hydrogen) atoms. The first kappa shape index (κ1) is 16.1. The van der Waals surface area contributed by atoms with Crippen LogP contribution in [0.2, 0.25) is 0 Å². The fourth-order valence-corrected chi connectivity index (χ4v) is 2.46. The number of nitrogens with zero attached hydrogens (tertiary/aromatic N) is 2. The van der Waals surface area contributed by atoms with E-state index < -0.39 is 0 Å². The maximum Gasteiger partial charge on any atom is 0.244 e. The van der Waals surface area contributed by atoms with E-state index in [0.29, 0.717) is 5.76 Å². The molecule has 0 aromatic carbocycles. The normalized spacial score (nSPS) is 12.8. The average Bonchev–Trinajstić information content (AvgIpc) is 2.96. The zero-order chi connectivity index (χ0) is 16.3. The van der Waals surface area contributed by atoms with Crippen molar-refractivity contribution in [3.8, 4) is 0 Å². The Morgan fingerprint density at radius 2 is 2.14 bits per heavy atom. The van der Waals surface area contributed by atoms with Crippen molar-refractivity contribution < 1.29 is 9.21 Å². The van der Waals surface area contributed by atoms with Crippen LogP contribution in [0.4, 0.5) is 0 Å². The summed E-state index contributed by atoms with van der Waals surface area (Å²) in [4.78, 5) is 11.9. The Morgan fingerprint density at radius 1 is 1.41 bits per heavy atom. The van der Waals surface area contributed by atoms with E-state index in [1.807, 2.05) is 51.6 Å². The highest BCUT2D eigenvalue weighted by molar-refractivity contribution is 5.91. The van der Waals surface area contributed by atoms with Crippen molar-refractivity contribution in [2.45, 2.75) is 40.2 Å². The first-order valence-electron chi connectivity index (χ1n) is 7.41. The molecule has 0 fully saturated rings. The Balaban J connectivity index is 1.92. The van der Waals surface area contributed by atoms with Gasteiger partial charge in [-0.05, 0) is 57.9 Å². The Kier molecular flexibility index (Phi) is 4.85. The number of rotatable bonds is 5. The second kappa shape index (κ2) is 6.64. The molecule has 0 aliphatic carbocycles. The zero-order valence-electron chi connectivity index (χ0n) is 13.8. The van der Waals surface area contributed by atoms with Gasteiger partial charge in [0.2, 0.25) is 5.91 Å². The molecule has 5 heteroatoms. The number of carbonyl (C=O) groups is 1. The third-order valence-electron chi connectivity index (χ3n) is 3.72. The molecular weight excluding hydrogens is 278 g/mol. The van der Waals surface area contributed by atoms with Gasteiger partial charge >= 0.3 is 0 Å². The largest absolute Gasteiger partial charge is 0.462 e. The van der Waals surface area contributed by atoms with Crippen LogP contribution in [0.5, 0.6) is 0 Å². The van der Waals surface area contributed by atoms with Gasteiger partial charge in [0, 0.05) is 24.9 Å². The molecule has 0 radical (unpaired) electrons. The van der Waals surface area contributed by atoms with Crippen molar-refractivity contribution in [2.75, 3.05) is 0 Å². The molecule has 0 saturated carbocycles. The predicted molar refractivity (Wildman–Crippen MR) is 86.5 cm³/mol. The summed E-state index contributed by atoms with van der Waals surface area (Å²) >= 11 is 0. The molecule has 1 unspecified atom stereocenters. The van der Waals surface area contributed by atoms with Crippen molar-refractivity contribution in [3.05, 3.63) is 46.7 Å². The highest BCUT2D eigenvalue weighted by Crippen LogP contribution is 2.14. The van der Waals surface area contributed by atoms with Crippen molar-refractivity contribution >= 4 is 12.0 Å². The SMILES string of the molecule is Cc1ccc(C=CC(=O)NC(C)Cc2c(C)nn(C)c2C)o1. The van der Waals surface area contributed by atoms with E-state index in [2.05, 4.69) is 10.4 Å². The molecule has 1 amide bonds. The van der Waals surface area contributed by atoms with Crippen molar-refractivity contribution in [3.63, 3.8) is 0 Å². The van der Waals surface area contributed by atoms with E-state index >= 15 is 0 Å². The van der Waals surface area contributed by atoms with Crippen LogP contribution in [0.25, 0.3) is 6.08 Å². The van der Waals surface area contributed by atoms with Crippen LogP contribution in [0.1, 0.15) is 35.4 Å². The Bertz CT molecular complexity index is 695. The molecule has 2 aromatic rings. The van der Waals surface area contributed by atoms with Gasteiger partial charge in [-0.25, -0.2) is 0 Å². The molecule has 1 N–H and O–H groups in total. The standard InChI is InChI=1S/C17H23N3O2/c1-11(10-16-13(3)19-20(5)14(16)4)18-17(21)9-8-15-7-6-12(2)22-15/h6-9,11H,10H2,1-5H3,(H,18,21). The molecule has 0 bridgehead atoms. The van der Waals surface area contributed by atoms with Gasteiger partial charge in [-0.2, -0.15) is 5.10 Å². The molecular formula is C17H23N3O2. The third kappa shape index (κ3) is 3.87. The molecule has 0 aliphatic rings. The minimum Gasteiger partial charge on any atom is -0.462 e. The molecule has 2 rings (SSSR count). The Labute approximate surface area is 131 Å². The van der Waals surface area contributed by atoms with Crippen molar-refractivity contribution in [2.24, 2.45) is 7.05 Å². The maximum absolute atomic E-state index is 11.9. The van der Waals surface area contributed by atoms with E-state index in [4.69, 9.17) is 4.42 Å². The predicted octanol–water partition coefficient (Wildman–Crippen LogP) is 2.70. The number of amides is 1. The zero-order valence-corrected chi connectivity index (χ0v) is 13.8. The first-order chi connectivity index (χ1) is 10.4. The lowest BCUT2D eigenvalue weighted by Crippen LogP contribution is -2.33. The van der Waals surface area contributed by atoms with E-state index in [0.717, 1.165) is 23.6 Å². The second-order valence-electron chi connectivity index (χ2n) is 5.67. The van der Waals surface area contributed by atoms with E-state index in [1.165, 1.54) is 11.6 Å². The van der Waals surface area contributed by atoms with Crippen LogP contribution < -0.4 is 5.32 Å². The van der Waals surface area contributed by atoms with Gasteiger partial charge in [0.1, 0.15) is 11.5 Å². The summed E-state index contributed by atoms with van der Waals surface area (Å²) in [6.45, 7) is 7.91. The van der Waals surface area contributed by atoms with Crippen LogP contribution in [0.15, 0.2) is 22.6 Å². The quantitative estimate of drug-likeness (QED) is 0.864. The number of nitrogens with one attached hydrogen (secondary N) is 1. The van der Waals surface area contributed by atoms with Gasteiger partial charge in [-0.3, -0.25) is 9.48 Å². The van der Waals surface area contributed by atoms with Crippen LogP contribution in [-0.4, -0.2) is 21.7 Å². The number of hydrogen-bond acceptors (Lipinski definition) is 3. The fraction of sp³-hybridized carbons (Fsp3) is 0.412. The minimum absolute atomic E-state index is 0.0390. The van der Waals surface area contributed by atoms with Crippen LogP contribution in [-0.2, 0) is 18.3 Å². The van der Waals surface area contributed by atoms with Crippen LogP contribution in [0.3, 0.4) is 0 Å². The highest BCUT2D eigenvalue weighted by atomic mass is 16.3. The number of aryl methyl sites for hydroxylation is 3. The number of hydrogen-bond donors (Lipinski definition) is 1. The molecule has 0 aliphatic heterocycles. The van der Waals surface area contributed by atoms with E-state index in [9.17, 15) is 4.79 Å². The van der Waals surface area contributed by atoms with Gasteiger partial charge in [0.15, 0.2) is 0 Å². The monoisotopic (exact) mass is 301 g/mol. The summed E-state index contributed by atoms with van der Waals surface area (Å²) < 4.78 is 7.26. The summed E-state index contributed by atoms with van der Waals surface area (Å²) in [7, 11) is 1.93. The topological polar surface area (TPSA) is 60.1 Å². The molecule has 2 heterocycles. The molecule has 118 valence electrons. The lowest BCUT2D eigenvalue weighted by molar-refractivity contribution is -0.117. The lowest BCUT2D eigenvalue weighted by Gasteiger charge is -2.12. The van der Waals surface area contributed by atoms with Gasteiger partial charge in [0.25, 0.3) is 0 Å². The maximum atomic E-state index is 11.9. The van der Waals surface area contributed by atoms with Crippen LogP contribution >= 0.6 is 0 Å². The molecule has 5 nitrogen and oxygen atoms in total. The molecule has 2 aromatic heterocycles. The molecule has 1 atom stereocenters. The van der Waals surface area contributed by atoms with Crippen molar-refractivity contribution in [1.82, 2.24) is 15.1 Å². The van der Waals surface area contributed by atoms with Gasteiger partial charge in [0.05, 0.1) is 5.69 Å². The Hall–Kier alpha value is -2.30. The smallest absolute Gasteiger partial charge is 0.244 e. The molecule has 0 spiro atoms. The summed E-state index contributed by atoms with van der Waals surface area (Å²) in [5, 5.41) is 7.36. The van der Waals surface area contributed by atoms with E-state index in [-0.39, 0.29) is 11.9 Å². The first-order valence-corrected chi connectivity index (χ1v) is 7.41. The summed E-state index contributed by atoms with van der Waals surface area (Å²) in [5.74, 6) is 1.39. The number of furan rings is 1. The third-order valence-corrected chi connectivity index (χ3v) is 3.72. The highest BCUT2D eigenvalue weighted by Gasteiger charge is 2.13. The van der Waals surface area contributed by atoms with Crippen LogP contribution in [0, 0.1) is 20.8 Å². The second-order valence-corrected chi connectivity index (χ2v) is 5.67. The van der Waals surface area contributed by atoms with Gasteiger partial charge in [-0.15, -0.1) is 0 Å².